The fraction of sp³-hybridized carbons (Fsp3) is 0.615. The Morgan fingerprint density at radius 2 is 2.06 bits per heavy atom. The molecule has 1 aliphatic carbocycles. The van der Waals surface area contributed by atoms with Crippen LogP contribution < -0.4 is 0 Å². The molecule has 4 nitrogen and oxygen atoms in total. The minimum atomic E-state index is -0.993. The Morgan fingerprint density at radius 3 is 2.65 bits per heavy atom. The molecule has 0 amide bonds. The first-order valence-corrected chi connectivity index (χ1v) is 6.21. The fourth-order valence-electron chi connectivity index (χ4n) is 3.25. The standard InChI is InChI=1S/C13H17NO3/c15-12(16)11-4-3-10(17-11)7-14-8-13(9-14)5-1-2-6-13/h3-4H,1-2,5-9H2,(H,15,16). The first-order valence-electron chi connectivity index (χ1n) is 6.21. The van der Waals surface area contributed by atoms with Crippen LogP contribution >= 0.6 is 0 Å². The average Bonchev–Trinajstić information content (AvgIpc) is 2.85. The number of furan rings is 1. The highest BCUT2D eigenvalue weighted by Crippen LogP contribution is 2.45. The molecule has 4 heteroatoms. The largest absolute Gasteiger partial charge is 0.475 e. The monoisotopic (exact) mass is 235 g/mol. The van der Waals surface area contributed by atoms with E-state index in [1.54, 1.807) is 6.07 Å². The molecule has 0 atom stereocenters. The van der Waals surface area contributed by atoms with Crippen LogP contribution in [0.25, 0.3) is 0 Å². The fourth-order valence-corrected chi connectivity index (χ4v) is 3.25. The average molecular weight is 235 g/mol. The van der Waals surface area contributed by atoms with Crippen molar-refractivity contribution in [1.29, 1.82) is 0 Å². The maximum absolute atomic E-state index is 10.7. The highest BCUT2D eigenvalue weighted by molar-refractivity contribution is 5.84. The second-order valence-corrected chi connectivity index (χ2v) is 5.42. The minimum Gasteiger partial charge on any atom is -0.475 e. The summed E-state index contributed by atoms with van der Waals surface area (Å²) in [7, 11) is 0. The van der Waals surface area contributed by atoms with E-state index in [0.29, 0.717) is 5.41 Å². The van der Waals surface area contributed by atoms with Crippen molar-refractivity contribution in [3.05, 3.63) is 23.7 Å². The lowest BCUT2D eigenvalue weighted by Gasteiger charge is -2.48. The van der Waals surface area contributed by atoms with E-state index in [4.69, 9.17) is 9.52 Å². The van der Waals surface area contributed by atoms with Crippen LogP contribution in [0.2, 0.25) is 0 Å². The zero-order valence-corrected chi connectivity index (χ0v) is 9.82. The number of carboxylic acid groups (broad SMARTS) is 1. The molecule has 1 aliphatic heterocycles. The van der Waals surface area contributed by atoms with Crippen molar-refractivity contribution in [2.75, 3.05) is 13.1 Å². The summed E-state index contributed by atoms with van der Waals surface area (Å²) in [6.07, 6.45) is 5.47. The topological polar surface area (TPSA) is 53.7 Å². The molecule has 92 valence electrons. The molecule has 17 heavy (non-hydrogen) atoms. The Balaban J connectivity index is 1.56. The molecule has 3 rings (SSSR count). The van der Waals surface area contributed by atoms with Gasteiger partial charge in [0.2, 0.25) is 5.76 Å². The number of hydrogen-bond donors (Lipinski definition) is 1. The van der Waals surface area contributed by atoms with Crippen LogP contribution in [0, 0.1) is 5.41 Å². The van der Waals surface area contributed by atoms with Gasteiger partial charge in [0.25, 0.3) is 0 Å². The van der Waals surface area contributed by atoms with Crippen molar-refractivity contribution >= 4 is 5.97 Å². The number of likely N-dealkylation sites (tertiary alicyclic amines) is 1. The summed E-state index contributed by atoms with van der Waals surface area (Å²) in [5.74, 6) is -0.196. The van der Waals surface area contributed by atoms with E-state index in [0.717, 1.165) is 25.4 Å². The molecule has 1 aromatic rings. The normalized spacial score (nSPS) is 22.8. The third-order valence-corrected chi connectivity index (χ3v) is 4.03. The second-order valence-electron chi connectivity index (χ2n) is 5.42. The van der Waals surface area contributed by atoms with Gasteiger partial charge in [-0.2, -0.15) is 0 Å². The molecule has 1 saturated carbocycles. The summed E-state index contributed by atoms with van der Waals surface area (Å²) in [5, 5.41) is 8.76. The van der Waals surface area contributed by atoms with E-state index in [1.165, 1.54) is 31.7 Å². The molecule has 0 bridgehead atoms. The molecule has 0 radical (unpaired) electrons. The van der Waals surface area contributed by atoms with Gasteiger partial charge >= 0.3 is 5.97 Å². The summed E-state index contributed by atoms with van der Waals surface area (Å²) in [6.45, 7) is 3.04. The molecule has 1 N–H and O–H groups in total. The molecular weight excluding hydrogens is 218 g/mol. The molecule has 0 aromatic carbocycles. The third-order valence-electron chi connectivity index (χ3n) is 4.03. The van der Waals surface area contributed by atoms with E-state index < -0.39 is 5.97 Å². The van der Waals surface area contributed by atoms with E-state index in [2.05, 4.69) is 4.90 Å². The van der Waals surface area contributed by atoms with Gasteiger partial charge in [0.15, 0.2) is 0 Å². The number of rotatable bonds is 3. The van der Waals surface area contributed by atoms with Crippen LogP contribution in [-0.4, -0.2) is 29.1 Å². The van der Waals surface area contributed by atoms with Gasteiger partial charge in [-0.05, 0) is 30.4 Å². The predicted molar refractivity (Wildman–Crippen MR) is 61.8 cm³/mol. The highest BCUT2D eigenvalue weighted by Gasteiger charge is 2.44. The van der Waals surface area contributed by atoms with Crippen LogP contribution in [0.3, 0.4) is 0 Å². The van der Waals surface area contributed by atoms with Crippen LogP contribution in [0.4, 0.5) is 0 Å². The lowest BCUT2D eigenvalue weighted by atomic mass is 9.78. The summed E-state index contributed by atoms with van der Waals surface area (Å²) < 4.78 is 5.26. The van der Waals surface area contributed by atoms with E-state index in [1.807, 2.05) is 0 Å². The quantitative estimate of drug-likeness (QED) is 0.873. The summed E-state index contributed by atoms with van der Waals surface area (Å²) in [6, 6.07) is 3.30. The van der Waals surface area contributed by atoms with Gasteiger partial charge in [0, 0.05) is 13.1 Å². The Hall–Kier alpha value is -1.29. The zero-order valence-electron chi connectivity index (χ0n) is 9.82. The number of aromatic carboxylic acids is 1. The van der Waals surface area contributed by atoms with Crippen molar-refractivity contribution in [3.63, 3.8) is 0 Å². The number of hydrogen-bond acceptors (Lipinski definition) is 3. The van der Waals surface area contributed by atoms with Crippen LogP contribution in [0.5, 0.6) is 0 Å². The second kappa shape index (κ2) is 3.88. The summed E-state index contributed by atoms with van der Waals surface area (Å²) in [4.78, 5) is 13.0. The smallest absolute Gasteiger partial charge is 0.371 e. The van der Waals surface area contributed by atoms with Crippen LogP contribution in [0.1, 0.15) is 42.0 Å². The Kier molecular flexibility index (Phi) is 2.47. The summed E-state index contributed by atoms with van der Waals surface area (Å²) >= 11 is 0. The number of carbonyl (C=O) groups is 1. The molecule has 1 spiro atoms. The van der Waals surface area contributed by atoms with Gasteiger partial charge in [0.1, 0.15) is 5.76 Å². The van der Waals surface area contributed by atoms with E-state index >= 15 is 0 Å². The molecule has 2 heterocycles. The van der Waals surface area contributed by atoms with Gasteiger partial charge in [-0.3, -0.25) is 4.90 Å². The zero-order chi connectivity index (χ0) is 11.9. The Morgan fingerprint density at radius 1 is 1.35 bits per heavy atom. The predicted octanol–water partition coefficient (Wildman–Crippen LogP) is 2.35. The first-order chi connectivity index (χ1) is 8.17. The third kappa shape index (κ3) is 1.97. The van der Waals surface area contributed by atoms with Gasteiger partial charge in [-0.15, -0.1) is 0 Å². The molecule has 1 saturated heterocycles. The summed E-state index contributed by atoms with van der Waals surface area (Å²) in [5.41, 5.74) is 0.586. The van der Waals surface area contributed by atoms with Gasteiger partial charge in [0.05, 0.1) is 6.54 Å². The lowest BCUT2D eigenvalue weighted by Crippen LogP contribution is -2.54. The first kappa shape index (κ1) is 10.8. The molecule has 0 unspecified atom stereocenters. The van der Waals surface area contributed by atoms with E-state index in [-0.39, 0.29) is 5.76 Å². The molecule has 1 aromatic heterocycles. The number of carboxylic acids is 1. The lowest BCUT2D eigenvalue weighted by molar-refractivity contribution is -0.00489. The van der Waals surface area contributed by atoms with Crippen LogP contribution in [0.15, 0.2) is 16.5 Å². The van der Waals surface area contributed by atoms with Crippen molar-refractivity contribution < 1.29 is 14.3 Å². The Bertz CT molecular complexity index is 424. The molecular formula is C13H17NO3. The van der Waals surface area contributed by atoms with E-state index in [9.17, 15) is 4.79 Å². The van der Waals surface area contributed by atoms with Crippen molar-refractivity contribution in [3.8, 4) is 0 Å². The number of nitrogens with zero attached hydrogens (tertiary/aromatic N) is 1. The molecule has 2 aliphatic rings. The van der Waals surface area contributed by atoms with Crippen molar-refractivity contribution in [2.24, 2.45) is 5.41 Å². The van der Waals surface area contributed by atoms with Crippen molar-refractivity contribution in [1.82, 2.24) is 4.90 Å². The van der Waals surface area contributed by atoms with Gasteiger partial charge in [-0.1, -0.05) is 12.8 Å². The SMILES string of the molecule is O=C(O)c1ccc(CN2CC3(CCCC3)C2)o1. The minimum absolute atomic E-state index is 0.0381. The van der Waals surface area contributed by atoms with Gasteiger partial charge in [-0.25, -0.2) is 4.79 Å². The highest BCUT2D eigenvalue weighted by atomic mass is 16.4. The maximum atomic E-state index is 10.7. The molecule has 2 fully saturated rings. The maximum Gasteiger partial charge on any atom is 0.371 e. The van der Waals surface area contributed by atoms with Crippen molar-refractivity contribution in [2.45, 2.75) is 32.2 Å². The van der Waals surface area contributed by atoms with Gasteiger partial charge < -0.3 is 9.52 Å². The Labute approximate surface area is 100 Å². The van der Waals surface area contributed by atoms with Crippen LogP contribution in [-0.2, 0) is 6.54 Å².